The van der Waals surface area contributed by atoms with Crippen LogP contribution in [0, 0.1) is 13.8 Å². The predicted octanol–water partition coefficient (Wildman–Crippen LogP) is 3.46. The lowest BCUT2D eigenvalue weighted by Gasteiger charge is -2.07. The van der Waals surface area contributed by atoms with Crippen molar-refractivity contribution >= 4 is 32.4 Å². The molecule has 9 heteroatoms. The Morgan fingerprint density at radius 3 is 2.63 bits per heavy atom. The number of benzene rings is 1. The first-order chi connectivity index (χ1) is 12.8. The molecule has 2 heterocycles. The van der Waals surface area contributed by atoms with Crippen LogP contribution in [0.5, 0.6) is 0 Å². The lowest BCUT2D eigenvalue weighted by Crippen LogP contribution is -2.23. The van der Waals surface area contributed by atoms with Crippen molar-refractivity contribution in [3.8, 4) is 10.6 Å². The van der Waals surface area contributed by atoms with E-state index in [2.05, 4.69) is 15.0 Å². The van der Waals surface area contributed by atoms with Crippen LogP contribution in [0.4, 0.5) is 5.13 Å². The zero-order valence-corrected chi connectivity index (χ0v) is 16.7. The maximum absolute atomic E-state index is 12.5. The van der Waals surface area contributed by atoms with Crippen LogP contribution in [0.1, 0.15) is 23.7 Å². The lowest BCUT2D eigenvalue weighted by atomic mass is 10.1. The highest BCUT2D eigenvalue weighted by molar-refractivity contribution is 7.89. The van der Waals surface area contributed by atoms with Crippen molar-refractivity contribution < 1.29 is 17.6 Å². The van der Waals surface area contributed by atoms with E-state index in [0.29, 0.717) is 21.5 Å². The predicted molar refractivity (Wildman–Crippen MR) is 104 cm³/mol. The Hall–Kier alpha value is -2.49. The fourth-order valence-electron chi connectivity index (χ4n) is 2.47. The molecule has 0 fully saturated rings. The second kappa shape index (κ2) is 7.63. The number of amides is 1. The molecule has 0 unspecified atom stereocenters. The molecule has 0 atom stereocenters. The molecule has 0 aliphatic carbocycles. The molecule has 0 spiro atoms. The molecule has 0 saturated carbocycles. The monoisotopic (exact) mass is 405 g/mol. The Bertz CT molecular complexity index is 1080. The summed E-state index contributed by atoms with van der Waals surface area (Å²) in [5.41, 5.74) is 2.55. The Morgan fingerprint density at radius 1 is 1.19 bits per heavy atom. The number of sulfonamides is 1. The molecule has 3 aromatic rings. The minimum absolute atomic E-state index is 0.167. The maximum Gasteiger partial charge on any atom is 0.274 e. The number of hydrogen-bond acceptors (Lipinski definition) is 6. The van der Waals surface area contributed by atoms with Gasteiger partial charge in [0.2, 0.25) is 11.0 Å². The van der Waals surface area contributed by atoms with Crippen LogP contribution in [0.3, 0.4) is 0 Å². The first kappa shape index (κ1) is 19.3. The molecule has 142 valence electrons. The molecule has 0 aliphatic heterocycles. The minimum atomic E-state index is -3.79. The van der Waals surface area contributed by atoms with Crippen LogP contribution in [-0.2, 0) is 21.4 Å². The molecule has 1 aromatic carbocycles. The Labute approximate surface area is 161 Å². The fourth-order valence-corrected chi connectivity index (χ4v) is 4.38. The minimum Gasteiger partial charge on any atom is -0.442 e. The SMILES string of the molecule is CC(=O)Nc1nc(C)c(-c2ccc(S(=O)(=O)NCc3ccccc3C)o2)s1. The van der Waals surface area contributed by atoms with E-state index in [1.165, 1.54) is 24.3 Å². The van der Waals surface area contributed by atoms with Crippen LogP contribution in [0.25, 0.3) is 10.6 Å². The van der Waals surface area contributed by atoms with Gasteiger partial charge in [0.05, 0.1) is 10.6 Å². The summed E-state index contributed by atoms with van der Waals surface area (Å²) in [5, 5.41) is 2.88. The summed E-state index contributed by atoms with van der Waals surface area (Å²) in [6.45, 7) is 5.27. The van der Waals surface area contributed by atoms with Crippen molar-refractivity contribution in [3.05, 3.63) is 53.2 Å². The zero-order chi connectivity index (χ0) is 19.6. The van der Waals surface area contributed by atoms with Gasteiger partial charge in [-0.2, -0.15) is 0 Å². The van der Waals surface area contributed by atoms with Crippen molar-refractivity contribution in [3.63, 3.8) is 0 Å². The van der Waals surface area contributed by atoms with Crippen LogP contribution in [0.15, 0.2) is 45.9 Å². The quantitative estimate of drug-likeness (QED) is 0.654. The van der Waals surface area contributed by atoms with Crippen molar-refractivity contribution in [1.82, 2.24) is 9.71 Å². The van der Waals surface area contributed by atoms with Crippen LogP contribution < -0.4 is 10.0 Å². The molecule has 27 heavy (non-hydrogen) atoms. The van der Waals surface area contributed by atoms with Gasteiger partial charge in [0.15, 0.2) is 5.13 Å². The van der Waals surface area contributed by atoms with Gasteiger partial charge in [0, 0.05) is 13.5 Å². The smallest absolute Gasteiger partial charge is 0.274 e. The summed E-state index contributed by atoms with van der Waals surface area (Å²) in [6.07, 6.45) is 0. The highest BCUT2D eigenvalue weighted by Gasteiger charge is 2.21. The molecule has 0 saturated heterocycles. The third-order valence-electron chi connectivity index (χ3n) is 3.86. The van der Waals surface area contributed by atoms with Gasteiger partial charge in [-0.05, 0) is 37.1 Å². The van der Waals surface area contributed by atoms with Crippen molar-refractivity contribution in [2.24, 2.45) is 0 Å². The number of carbonyl (C=O) groups is 1. The van der Waals surface area contributed by atoms with Gasteiger partial charge in [0.1, 0.15) is 5.76 Å². The average Bonchev–Trinajstić information content (AvgIpc) is 3.21. The van der Waals surface area contributed by atoms with Crippen molar-refractivity contribution in [2.75, 3.05) is 5.32 Å². The van der Waals surface area contributed by atoms with E-state index >= 15 is 0 Å². The van der Waals surface area contributed by atoms with Gasteiger partial charge >= 0.3 is 0 Å². The van der Waals surface area contributed by atoms with Crippen molar-refractivity contribution in [1.29, 1.82) is 0 Å². The fraction of sp³-hybridized carbons (Fsp3) is 0.222. The third kappa shape index (κ3) is 4.44. The molecule has 0 bridgehead atoms. The number of thiazole rings is 1. The summed E-state index contributed by atoms with van der Waals surface area (Å²) in [6, 6.07) is 10.6. The highest BCUT2D eigenvalue weighted by Crippen LogP contribution is 2.34. The number of aryl methyl sites for hydroxylation is 2. The second-order valence-corrected chi connectivity index (χ2v) is 8.68. The number of carbonyl (C=O) groups excluding carboxylic acids is 1. The number of rotatable bonds is 6. The van der Waals surface area contributed by atoms with Crippen molar-refractivity contribution in [2.45, 2.75) is 32.4 Å². The second-order valence-electron chi connectivity index (χ2n) is 5.98. The number of anilines is 1. The summed E-state index contributed by atoms with van der Waals surface area (Å²) < 4.78 is 33.2. The van der Waals surface area contributed by atoms with E-state index < -0.39 is 10.0 Å². The molecule has 0 aliphatic rings. The van der Waals surface area contributed by atoms with Gasteiger partial charge in [-0.3, -0.25) is 4.79 Å². The molecule has 3 rings (SSSR count). The number of nitrogens with zero attached hydrogens (tertiary/aromatic N) is 1. The topological polar surface area (TPSA) is 101 Å². The van der Waals surface area contributed by atoms with Gasteiger partial charge in [0.25, 0.3) is 10.0 Å². The Kier molecular flexibility index (Phi) is 5.45. The maximum atomic E-state index is 12.5. The largest absolute Gasteiger partial charge is 0.442 e. The van der Waals surface area contributed by atoms with Gasteiger partial charge < -0.3 is 9.73 Å². The molecule has 2 N–H and O–H groups in total. The van der Waals surface area contributed by atoms with E-state index in [0.717, 1.165) is 11.1 Å². The normalized spacial score (nSPS) is 11.5. The summed E-state index contributed by atoms with van der Waals surface area (Å²) in [4.78, 5) is 16.1. The number of nitrogens with one attached hydrogen (secondary N) is 2. The summed E-state index contributed by atoms with van der Waals surface area (Å²) >= 11 is 1.23. The lowest BCUT2D eigenvalue weighted by molar-refractivity contribution is -0.114. The van der Waals surface area contributed by atoms with Gasteiger partial charge in [-0.1, -0.05) is 35.6 Å². The van der Waals surface area contributed by atoms with Crippen LogP contribution >= 0.6 is 11.3 Å². The Balaban J connectivity index is 1.79. The van der Waals surface area contributed by atoms with E-state index in [-0.39, 0.29) is 17.5 Å². The molecular weight excluding hydrogens is 386 g/mol. The summed E-state index contributed by atoms with van der Waals surface area (Å²) in [5.74, 6) is 0.163. The summed E-state index contributed by atoms with van der Waals surface area (Å²) in [7, 11) is -3.79. The van der Waals surface area contributed by atoms with E-state index in [9.17, 15) is 13.2 Å². The van der Waals surface area contributed by atoms with Crippen LogP contribution in [-0.4, -0.2) is 19.3 Å². The number of aromatic nitrogens is 1. The first-order valence-corrected chi connectivity index (χ1v) is 10.5. The standard InChI is InChI=1S/C18H19N3O4S2/c1-11-6-4-5-7-14(11)10-19-27(23,24)16-9-8-15(25-16)17-12(2)20-18(26-17)21-13(3)22/h4-9,19H,10H2,1-3H3,(H,20,21,22). The number of furan rings is 1. The van der Waals surface area contributed by atoms with Gasteiger partial charge in [-0.15, -0.1) is 0 Å². The molecule has 1 amide bonds. The molecular formula is C18H19N3O4S2. The van der Waals surface area contributed by atoms with E-state index in [1.807, 2.05) is 31.2 Å². The Morgan fingerprint density at radius 2 is 1.93 bits per heavy atom. The molecule has 7 nitrogen and oxygen atoms in total. The third-order valence-corrected chi connectivity index (χ3v) is 6.22. The van der Waals surface area contributed by atoms with Crippen LogP contribution in [0.2, 0.25) is 0 Å². The van der Waals surface area contributed by atoms with E-state index in [4.69, 9.17) is 4.42 Å². The first-order valence-electron chi connectivity index (χ1n) is 8.15. The molecule has 0 radical (unpaired) electrons. The highest BCUT2D eigenvalue weighted by atomic mass is 32.2. The zero-order valence-electron chi connectivity index (χ0n) is 15.1. The van der Waals surface area contributed by atoms with Gasteiger partial charge in [-0.25, -0.2) is 18.1 Å². The molecule has 2 aromatic heterocycles. The van der Waals surface area contributed by atoms with E-state index in [1.54, 1.807) is 13.0 Å². The average molecular weight is 406 g/mol. The number of hydrogen-bond donors (Lipinski definition) is 2.